The molecule has 2 aromatic rings. The quantitative estimate of drug-likeness (QED) is 0.459. The van der Waals surface area contributed by atoms with Gasteiger partial charge in [0, 0.05) is 27.9 Å². The molecule has 1 aromatic carbocycles. The Kier molecular flexibility index (Phi) is 7.14. The van der Waals surface area contributed by atoms with Crippen LogP contribution < -0.4 is 5.48 Å². The Labute approximate surface area is 190 Å². The molecule has 0 spiro atoms. The SMILES string of the molecule is CCS(=O)(=O)N1CC[C@](CC(=O)NO)(c2ccc(-c3ccc(Cl)cc3)s2)S(=O)(=O)CC1. The van der Waals surface area contributed by atoms with Crippen LogP contribution in [0.4, 0.5) is 0 Å². The number of hydroxylamine groups is 1. The van der Waals surface area contributed by atoms with Crippen LogP contribution in [0.1, 0.15) is 24.6 Å². The normalized spacial score (nSPS) is 22.0. The highest BCUT2D eigenvalue weighted by Crippen LogP contribution is 2.45. The van der Waals surface area contributed by atoms with Crippen molar-refractivity contribution in [3.8, 4) is 10.4 Å². The number of carbonyl (C=O) groups is 1. The second-order valence-corrected chi connectivity index (χ2v) is 13.4. The van der Waals surface area contributed by atoms with E-state index in [1.165, 1.54) is 23.7 Å². The molecule has 0 bridgehead atoms. The summed E-state index contributed by atoms with van der Waals surface area (Å²) in [4.78, 5) is 13.4. The molecule has 1 amide bonds. The molecule has 1 saturated heterocycles. The van der Waals surface area contributed by atoms with Crippen LogP contribution >= 0.6 is 22.9 Å². The lowest BCUT2D eigenvalue weighted by molar-refractivity contribution is -0.129. The van der Waals surface area contributed by atoms with Gasteiger partial charge in [-0.2, -0.15) is 0 Å². The zero-order chi connectivity index (χ0) is 22.9. The van der Waals surface area contributed by atoms with Crippen molar-refractivity contribution < 1.29 is 26.8 Å². The van der Waals surface area contributed by atoms with Crippen LogP contribution in [0.5, 0.6) is 0 Å². The molecule has 2 N–H and O–H groups in total. The van der Waals surface area contributed by atoms with E-state index in [0.29, 0.717) is 9.90 Å². The summed E-state index contributed by atoms with van der Waals surface area (Å²) < 4.78 is 51.1. The van der Waals surface area contributed by atoms with Gasteiger partial charge >= 0.3 is 0 Å². The van der Waals surface area contributed by atoms with Crippen molar-refractivity contribution >= 4 is 48.7 Å². The van der Waals surface area contributed by atoms with Gasteiger partial charge < -0.3 is 0 Å². The van der Waals surface area contributed by atoms with Gasteiger partial charge in [-0.1, -0.05) is 23.7 Å². The minimum Gasteiger partial charge on any atom is -0.289 e. The van der Waals surface area contributed by atoms with Crippen molar-refractivity contribution in [3.05, 3.63) is 46.3 Å². The van der Waals surface area contributed by atoms with E-state index in [2.05, 4.69) is 0 Å². The fourth-order valence-corrected chi connectivity index (χ4v) is 8.62. The van der Waals surface area contributed by atoms with E-state index in [1.54, 1.807) is 24.3 Å². The first kappa shape index (κ1) is 24.1. The van der Waals surface area contributed by atoms with Gasteiger partial charge in [-0.15, -0.1) is 11.3 Å². The summed E-state index contributed by atoms with van der Waals surface area (Å²) in [6.07, 6.45) is -0.602. The first-order chi connectivity index (χ1) is 14.5. The fraction of sp³-hybridized carbons (Fsp3) is 0.421. The first-order valence-electron chi connectivity index (χ1n) is 9.54. The number of hydrogen-bond acceptors (Lipinski definition) is 7. The molecule has 0 radical (unpaired) electrons. The van der Waals surface area contributed by atoms with E-state index in [1.807, 2.05) is 12.1 Å². The third-order valence-electron chi connectivity index (χ3n) is 5.48. The Morgan fingerprint density at radius 1 is 1.23 bits per heavy atom. The average molecular weight is 507 g/mol. The Morgan fingerprint density at radius 2 is 1.90 bits per heavy atom. The van der Waals surface area contributed by atoms with Crippen molar-refractivity contribution in [1.82, 2.24) is 9.79 Å². The molecule has 31 heavy (non-hydrogen) atoms. The molecule has 12 heteroatoms. The van der Waals surface area contributed by atoms with E-state index >= 15 is 0 Å². The lowest BCUT2D eigenvalue weighted by Gasteiger charge is -2.30. The summed E-state index contributed by atoms with van der Waals surface area (Å²) in [6, 6.07) is 10.5. The molecular weight excluding hydrogens is 484 g/mol. The maximum atomic E-state index is 13.4. The predicted octanol–water partition coefficient (Wildman–Crippen LogP) is 2.63. The second-order valence-electron chi connectivity index (χ2n) is 7.25. The van der Waals surface area contributed by atoms with Crippen LogP contribution in [0.25, 0.3) is 10.4 Å². The number of nitrogens with one attached hydrogen (secondary N) is 1. The molecule has 0 unspecified atom stereocenters. The van der Waals surface area contributed by atoms with Gasteiger partial charge in [0.05, 0.1) is 17.9 Å². The summed E-state index contributed by atoms with van der Waals surface area (Å²) in [7, 11) is -7.54. The number of nitrogens with zero attached hydrogens (tertiary/aromatic N) is 1. The summed E-state index contributed by atoms with van der Waals surface area (Å²) in [5, 5.41) is 9.66. The monoisotopic (exact) mass is 506 g/mol. The lowest BCUT2D eigenvalue weighted by atomic mass is 9.97. The summed E-state index contributed by atoms with van der Waals surface area (Å²) in [5.41, 5.74) is 2.35. The molecule has 1 aromatic heterocycles. The summed E-state index contributed by atoms with van der Waals surface area (Å²) in [6.45, 7) is 1.29. The number of halogens is 1. The van der Waals surface area contributed by atoms with Crippen LogP contribution in [-0.4, -0.2) is 56.9 Å². The molecule has 3 rings (SSSR count). The zero-order valence-corrected chi connectivity index (χ0v) is 20.0. The molecule has 8 nitrogen and oxygen atoms in total. The highest BCUT2D eigenvalue weighted by Gasteiger charge is 2.50. The molecule has 1 aliphatic rings. The smallest absolute Gasteiger partial charge is 0.245 e. The number of sulfonamides is 1. The average Bonchev–Trinajstić information content (AvgIpc) is 3.18. The van der Waals surface area contributed by atoms with E-state index in [9.17, 15) is 21.6 Å². The summed E-state index contributed by atoms with van der Waals surface area (Å²) >= 11 is 7.17. The maximum Gasteiger partial charge on any atom is 0.245 e. The van der Waals surface area contributed by atoms with Crippen molar-refractivity contribution in [3.63, 3.8) is 0 Å². The van der Waals surface area contributed by atoms with Crippen molar-refractivity contribution in [1.29, 1.82) is 0 Å². The number of amides is 1. The molecule has 0 saturated carbocycles. The number of rotatable bonds is 6. The standard InChI is InChI=1S/C19H23ClN2O6S3/c1-2-31(27,28)22-10-9-19(13-18(23)21-24,30(25,26)12-11-22)17-8-7-16(29-17)14-3-5-15(20)6-4-14/h3-8,24H,2,9-13H2,1H3,(H,21,23)/t19-/m0/s1. The second kappa shape index (κ2) is 9.16. The van der Waals surface area contributed by atoms with Crippen LogP contribution in [0.2, 0.25) is 5.02 Å². The molecule has 1 atom stereocenters. The van der Waals surface area contributed by atoms with Crippen molar-refractivity contribution in [2.45, 2.75) is 24.5 Å². The lowest BCUT2D eigenvalue weighted by Crippen LogP contribution is -2.41. The fourth-order valence-electron chi connectivity index (χ4n) is 3.66. The highest BCUT2D eigenvalue weighted by molar-refractivity contribution is 7.92. The number of benzene rings is 1. The van der Waals surface area contributed by atoms with Gasteiger partial charge in [0.25, 0.3) is 0 Å². The van der Waals surface area contributed by atoms with Gasteiger partial charge in [0.15, 0.2) is 9.84 Å². The zero-order valence-electron chi connectivity index (χ0n) is 16.7. The van der Waals surface area contributed by atoms with E-state index < -0.39 is 42.7 Å². The third-order valence-corrected chi connectivity index (χ3v) is 11.6. The van der Waals surface area contributed by atoms with Gasteiger partial charge in [-0.25, -0.2) is 26.6 Å². The molecule has 2 heterocycles. The molecule has 0 aliphatic carbocycles. The summed E-state index contributed by atoms with van der Waals surface area (Å²) in [5.74, 6) is -1.41. The first-order valence-corrected chi connectivity index (χ1v) is 14.0. The maximum absolute atomic E-state index is 13.4. The number of carbonyl (C=O) groups excluding carboxylic acids is 1. The number of hydrogen-bond donors (Lipinski definition) is 2. The highest BCUT2D eigenvalue weighted by atomic mass is 35.5. The largest absolute Gasteiger partial charge is 0.289 e. The van der Waals surface area contributed by atoms with Crippen molar-refractivity contribution in [2.24, 2.45) is 0 Å². The van der Waals surface area contributed by atoms with Gasteiger partial charge in [-0.05, 0) is 43.2 Å². The minimum atomic E-state index is -3.95. The van der Waals surface area contributed by atoms with Gasteiger partial charge in [-0.3, -0.25) is 10.0 Å². The van der Waals surface area contributed by atoms with E-state index in [4.69, 9.17) is 16.8 Å². The van der Waals surface area contributed by atoms with Crippen LogP contribution in [0.15, 0.2) is 36.4 Å². The van der Waals surface area contributed by atoms with Crippen molar-refractivity contribution in [2.75, 3.05) is 24.6 Å². The van der Waals surface area contributed by atoms with Gasteiger partial charge in [0.2, 0.25) is 15.9 Å². The Balaban J connectivity index is 2.09. The predicted molar refractivity (Wildman–Crippen MR) is 120 cm³/mol. The van der Waals surface area contributed by atoms with E-state index in [0.717, 1.165) is 14.7 Å². The number of sulfone groups is 1. The molecule has 170 valence electrons. The number of thiophene rings is 1. The molecular formula is C19H23ClN2O6S3. The molecule has 1 aliphatic heterocycles. The Bertz CT molecular complexity index is 1160. The van der Waals surface area contributed by atoms with Gasteiger partial charge in [0.1, 0.15) is 4.75 Å². The topological polar surface area (TPSA) is 121 Å². The van der Waals surface area contributed by atoms with Crippen LogP contribution in [0.3, 0.4) is 0 Å². The third kappa shape index (κ3) is 4.81. The van der Waals surface area contributed by atoms with Crippen LogP contribution in [0, 0.1) is 0 Å². The minimum absolute atomic E-state index is 0.0394. The van der Waals surface area contributed by atoms with E-state index in [-0.39, 0.29) is 25.3 Å². The molecule has 1 fully saturated rings. The van der Waals surface area contributed by atoms with Crippen LogP contribution in [-0.2, 0) is 29.4 Å². The Morgan fingerprint density at radius 3 is 2.52 bits per heavy atom. The Hall–Kier alpha value is -1.50.